The largest absolute Gasteiger partial charge is 0.337 e. The summed E-state index contributed by atoms with van der Waals surface area (Å²) in [4.78, 5) is 17.8. The predicted molar refractivity (Wildman–Crippen MR) is 93.1 cm³/mol. The average Bonchev–Trinajstić information content (AvgIpc) is 2.51. The fourth-order valence-electron chi connectivity index (χ4n) is 1.99. The van der Waals surface area contributed by atoms with Gasteiger partial charge in [-0.1, -0.05) is 24.5 Å². The Bertz CT molecular complexity index is 812. The molecule has 1 amide bonds. The van der Waals surface area contributed by atoms with Crippen molar-refractivity contribution < 1.29 is 13.6 Å². The number of likely N-dealkylation sites (tertiary alicyclic amines) is 1. The first kappa shape index (κ1) is 18.3. The minimum Gasteiger partial charge on any atom is -0.337 e. The second-order valence-electron chi connectivity index (χ2n) is 5.51. The maximum absolute atomic E-state index is 13.0. The third kappa shape index (κ3) is 5.85. The summed E-state index contributed by atoms with van der Waals surface area (Å²) < 4.78 is 23.8. The maximum atomic E-state index is 13.0. The normalized spacial score (nSPS) is 12.0. The van der Waals surface area contributed by atoms with Crippen molar-refractivity contribution in [1.82, 2.24) is 9.88 Å². The third-order valence-electron chi connectivity index (χ3n) is 3.30. The van der Waals surface area contributed by atoms with E-state index in [1.807, 2.05) is 0 Å². The molecule has 3 nitrogen and oxygen atoms in total. The van der Waals surface area contributed by atoms with E-state index in [0.29, 0.717) is 16.8 Å². The molecule has 1 fully saturated rings. The van der Waals surface area contributed by atoms with Crippen molar-refractivity contribution in [1.29, 1.82) is 0 Å². The molecule has 5 heteroatoms. The monoisotopic (exact) mass is 340 g/mol. The van der Waals surface area contributed by atoms with E-state index in [-0.39, 0.29) is 17.6 Å². The van der Waals surface area contributed by atoms with Gasteiger partial charge in [-0.15, -0.1) is 0 Å². The first-order valence-corrected chi connectivity index (χ1v) is 7.79. The molecular formula is C20H18F2N2O. The molecule has 0 bridgehead atoms. The van der Waals surface area contributed by atoms with Crippen molar-refractivity contribution in [2.24, 2.45) is 0 Å². The van der Waals surface area contributed by atoms with Gasteiger partial charge in [0.2, 0.25) is 0 Å². The van der Waals surface area contributed by atoms with Crippen molar-refractivity contribution in [3.05, 3.63) is 77.6 Å². The number of pyridine rings is 1. The van der Waals surface area contributed by atoms with Gasteiger partial charge in [0.15, 0.2) is 0 Å². The molecule has 1 aromatic carbocycles. The zero-order valence-corrected chi connectivity index (χ0v) is 13.9. The quantitative estimate of drug-likeness (QED) is 0.736. The van der Waals surface area contributed by atoms with Crippen LogP contribution in [0.3, 0.4) is 0 Å². The van der Waals surface area contributed by atoms with Crippen LogP contribution in [-0.2, 0) is 0 Å². The van der Waals surface area contributed by atoms with E-state index in [4.69, 9.17) is 0 Å². The van der Waals surface area contributed by atoms with E-state index in [1.54, 1.807) is 35.4 Å². The third-order valence-corrected chi connectivity index (χ3v) is 3.30. The second-order valence-corrected chi connectivity index (χ2v) is 5.51. The molecule has 1 saturated heterocycles. The molecule has 0 unspecified atom stereocenters. The summed E-state index contributed by atoms with van der Waals surface area (Å²) in [6.45, 7) is 5.81. The molecule has 0 spiro atoms. The molecule has 25 heavy (non-hydrogen) atoms. The van der Waals surface area contributed by atoms with E-state index < -0.39 is 0 Å². The Hall–Kier alpha value is -3.00. The van der Waals surface area contributed by atoms with Crippen LogP contribution in [0.4, 0.5) is 8.78 Å². The van der Waals surface area contributed by atoms with Gasteiger partial charge in [0.1, 0.15) is 11.5 Å². The van der Waals surface area contributed by atoms with E-state index in [9.17, 15) is 13.6 Å². The Morgan fingerprint density at radius 1 is 1.20 bits per heavy atom. The second kappa shape index (κ2) is 8.74. The average molecular weight is 340 g/mol. The topological polar surface area (TPSA) is 33.2 Å². The Morgan fingerprint density at radius 2 is 1.88 bits per heavy atom. The van der Waals surface area contributed by atoms with Crippen molar-refractivity contribution in [2.45, 2.75) is 13.3 Å². The van der Waals surface area contributed by atoms with Gasteiger partial charge in [-0.3, -0.25) is 4.79 Å². The van der Waals surface area contributed by atoms with Crippen LogP contribution < -0.4 is 0 Å². The zero-order valence-electron chi connectivity index (χ0n) is 13.9. The number of benzene rings is 1. The molecule has 1 aliphatic rings. The number of halogens is 2. The number of carbonyl (C=O) groups is 1. The van der Waals surface area contributed by atoms with Crippen LogP contribution in [0.5, 0.6) is 0 Å². The van der Waals surface area contributed by atoms with Crippen LogP contribution in [0.1, 0.15) is 35.0 Å². The molecule has 2 aromatic rings. The van der Waals surface area contributed by atoms with Crippen LogP contribution in [0.25, 0.3) is 0 Å². The smallest absolute Gasteiger partial charge is 0.272 e. The van der Waals surface area contributed by atoms with Gasteiger partial charge in [0.05, 0.1) is 5.83 Å². The number of hydrogen-bond donors (Lipinski definition) is 0. The molecule has 0 atom stereocenters. The Labute approximate surface area is 146 Å². The van der Waals surface area contributed by atoms with Gasteiger partial charge in [0.25, 0.3) is 5.91 Å². The molecule has 128 valence electrons. The van der Waals surface area contributed by atoms with E-state index in [0.717, 1.165) is 19.5 Å². The Kier molecular flexibility index (Phi) is 6.41. The molecule has 1 aromatic heterocycles. The van der Waals surface area contributed by atoms with Crippen LogP contribution in [0.15, 0.2) is 55.0 Å². The van der Waals surface area contributed by atoms with E-state index in [1.165, 1.54) is 19.1 Å². The lowest BCUT2D eigenvalue weighted by Crippen LogP contribution is -2.42. The standard InChI is InChI=1S/C17H13FN2O.C3H5F/c18-15-4-1-3-13(11-15)5-6-14-7-8-16(19-12-14)17(21)20-9-2-10-20;1-3(2)4/h1,3-4,7-8,11-12H,2,9-10H2;1H2,2H3. The van der Waals surface area contributed by atoms with Gasteiger partial charge in [-0.2, -0.15) is 0 Å². The number of allylic oxidation sites excluding steroid dienone is 1. The lowest BCUT2D eigenvalue weighted by molar-refractivity contribution is 0.0645. The molecule has 1 aliphatic heterocycles. The summed E-state index contributed by atoms with van der Waals surface area (Å²) in [5.41, 5.74) is 1.74. The van der Waals surface area contributed by atoms with Gasteiger partial charge in [-0.05, 0) is 43.7 Å². The zero-order chi connectivity index (χ0) is 18.2. The number of hydrogen-bond acceptors (Lipinski definition) is 2. The minimum absolute atomic E-state index is 0.0362. The van der Waals surface area contributed by atoms with Gasteiger partial charge in [-0.25, -0.2) is 13.8 Å². The molecule has 0 radical (unpaired) electrons. The fourth-order valence-corrected chi connectivity index (χ4v) is 1.99. The first-order valence-electron chi connectivity index (χ1n) is 7.79. The van der Waals surface area contributed by atoms with E-state index in [2.05, 4.69) is 23.4 Å². The molecule has 2 heterocycles. The van der Waals surface area contributed by atoms with Gasteiger partial charge >= 0.3 is 0 Å². The summed E-state index contributed by atoms with van der Waals surface area (Å²) in [7, 11) is 0. The van der Waals surface area contributed by atoms with Crippen LogP contribution in [0.2, 0.25) is 0 Å². The number of amides is 1. The highest BCUT2D eigenvalue weighted by molar-refractivity contribution is 5.92. The van der Waals surface area contributed by atoms with Crippen molar-refractivity contribution in [3.8, 4) is 11.8 Å². The van der Waals surface area contributed by atoms with Gasteiger partial charge < -0.3 is 4.90 Å². The number of carbonyl (C=O) groups excluding carboxylic acids is 1. The van der Waals surface area contributed by atoms with Gasteiger partial charge in [0, 0.05) is 30.4 Å². The summed E-state index contributed by atoms with van der Waals surface area (Å²) in [6.07, 6.45) is 2.63. The summed E-state index contributed by atoms with van der Waals surface area (Å²) in [5, 5.41) is 0. The number of aromatic nitrogens is 1. The van der Waals surface area contributed by atoms with Crippen molar-refractivity contribution in [3.63, 3.8) is 0 Å². The van der Waals surface area contributed by atoms with Crippen molar-refractivity contribution >= 4 is 5.91 Å². The first-order chi connectivity index (χ1) is 12.0. The predicted octanol–water partition coefficient (Wildman–Crippen LogP) is 3.96. The molecular weight excluding hydrogens is 322 g/mol. The maximum Gasteiger partial charge on any atom is 0.272 e. The molecule has 3 rings (SSSR count). The Balaban J connectivity index is 0.000000511. The molecule has 0 N–H and O–H groups in total. The summed E-state index contributed by atoms with van der Waals surface area (Å²) in [5.74, 6) is 5.10. The lowest BCUT2D eigenvalue weighted by atomic mass is 10.1. The number of rotatable bonds is 1. The summed E-state index contributed by atoms with van der Waals surface area (Å²) in [6, 6.07) is 9.55. The highest BCUT2D eigenvalue weighted by Crippen LogP contribution is 2.11. The molecule has 0 saturated carbocycles. The van der Waals surface area contributed by atoms with Crippen LogP contribution in [-0.4, -0.2) is 28.9 Å². The fraction of sp³-hybridized carbons (Fsp3) is 0.200. The minimum atomic E-state index is -0.333. The van der Waals surface area contributed by atoms with Crippen molar-refractivity contribution in [2.75, 3.05) is 13.1 Å². The number of nitrogens with zero attached hydrogens (tertiary/aromatic N) is 2. The highest BCUT2D eigenvalue weighted by Gasteiger charge is 2.22. The molecule has 0 aliphatic carbocycles. The highest BCUT2D eigenvalue weighted by atomic mass is 19.1. The van der Waals surface area contributed by atoms with Crippen LogP contribution in [0, 0.1) is 17.7 Å². The SMILES string of the molecule is C=C(C)F.O=C(c1ccc(C#Cc2cccc(F)c2)cn1)N1CCC1. The summed E-state index contributed by atoms with van der Waals surface area (Å²) >= 11 is 0. The van der Waals surface area contributed by atoms with E-state index >= 15 is 0 Å². The Morgan fingerprint density at radius 3 is 2.40 bits per heavy atom. The van der Waals surface area contributed by atoms with Crippen LogP contribution >= 0.6 is 0 Å². The lowest BCUT2D eigenvalue weighted by Gasteiger charge is -2.30.